The van der Waals surface area contributed by atoms with Crippen LogP contribution in [0.2, 0.25) is 0 Å². The Morgan fingerprint density at radius 2 is 1.87 bits per heavy atom. The number of nitrogens with one attached hydrogen (secondary N) is 1. The number of rotatable bonds is 8. The van der Waals surface area contributed by atoms with Gasteiger partial charge in [0.1, 0.15) is 11.5 Å². The fourth-order valence-electron chi connectivity index (χ4n) is 2.53. The van der Waals surface area contributed by atoms with E-state index in [2.05, 4.69) is 20.3 Å². The summed E-state index contributed by atoms with van der Waals surface area (Å²) < 4.78 is 35.3. The molecule has 0 bridgehead atoms. The van der Waals surface area contributed by atoms with Gasteiger partial charge in [0.25, 0.3) is 0 Å². The molecule has 0 saturated carbocycles. The van der Waals surface area contributed by atoms with E-state index in [1.54, 1.807) is 31.2 Å². The Morgan fingerprint density at radius 3 is 2.53 bits per heavy atom. The average molecular weight is 435 g/mol. The molecule has 1 aromatic heterocycles. The Morgan fingerprint density at radius 1 is 1.17 bits per heavy atom. The summed E-state index contributed by atoms with van der Waals surface area (Å²) in [6, 6.07) is 12.9. The Balaban J connectivity index is 1.69. The lowest BCUT2D eigenvalue weighted by Gasteiger charge is -2.13. The fraction of sp³-hybridized carbons (Fsp3) is 0.211. The van der Waals surface area contributed by atoms with Gasteiger partial charge in [-0.3, -0.25) is 4.79 Å². The number of alkyl halides is 2. The number of para-hydroxylation sites is 2. The van der Waals surface area contributed by atoms with E-state index in [0.29, 0.717) is 28.0 Å². The third-order valence-electron chi connectivity index (χ3n) is 4.02. The number of halogens is 2. The smallest absolute Gasteiger partial charge is 0.387 e. The Kier molecular flexibility index (Phi) is 6.72. The molecule has 0 aliphatic carbocycles. The van der Waals surface area contributed by atoms with Crippen LogP contribution >= 0.6 is 11.8 Å². The first-order chi connectivity index (χ1) is 14.4. The summed E-state index contributed by atoms with van der Waals surface area (Å²) in [4.78, 5) is 12.5. The average Bonchev–Trinajstić information content (AvgIpc) is 3.08. The van der Waals surface area contributed by atoms with Crippen molar-refractivity contribution in [2.45, 2.75) is 23.9 Å². The zero-order valence-corrected chi connectivity index (χ0v) is 16.9. The molecule has 30 heavy (non-hydrogen) atoms. The second-order valence-electron chi connectivity index (χ2n) is 6.03. The predicted octanol–water partition coefficient (Wildman–Crippen LogP) is 3.39. The van der Waals surface area contributed by atoms with Crippen LogP contribution in [-0.4, -0.2) is 39.8 Å². The van der Waals surface area contributed by atoms with E-state index in [9.17, 15) is 13.6 Å². The molecule has 3 rings (SSSR count). The maximum absolute atomic E-state index is 12.5. The summed E-state index contributed by atoms with van der Waals surface area (Å²) in [6.45, 7) is -1.19. The number of amides is 1. The van der Waals surface area contributed by atoms with Crippen LogP contribution in [0.1, 0.15) is 6.92 Å². The highest BCUT2D eigenvalue weighted by Gasteiger charge is 2.21. The molecule has 1 heterocycles. The van der Waals surface area contributed by atoms with Gasteiger partial charge in [0.15, 0.2) is 5.82 Å². The number of hydrogen-bond donors (Lipinski definition) is 2. The monoisotopic (exact) mass is 435 g/mol. The molecule has 1 atom stereocenters. The molecule has 0 spiro atoms. The quantitative estimate of drug-likeness (QED) is 0.413. The molecule has 0 saturated heterocycles. The van der Waals surface area contributed by atoms with Crippen LogP contribution in [0.15, 0.2) is 53.7 Å². The van der Waals surface area contributed by atoms with Crippen LogP contribution in [0.4, 0.5) is 14.5 Å². The van der Waals surface area contributed by atoms with Gasteiger partial charge in [-0.1, -0.05) is 23.9 Å². The number of carbonyl (C=O) groups excluding carboxylic acids is 1. The molecule has 0 aliphatic rings. The van der Waals surface area contributed by atoms with Crippen LogP contribution in [-0.2, 0) is 4.79 Å². The second kappa shape index (κ2) is 9.44. The molecule has 0 fully saturated rings. The lowest BCUT2D eigenvalue weighted by Crippen LogP contribution is -2.24. The van der Waals surface area contributed by atoms with Gasteiger partial charge in [-0.2, -0.15) is 8.78 Å². The molecule has 3 N–H and O–H groups in total. The van der Waals surface area contributed by atoms with Crippen LogP contribution in [0, 0.1) is 0 Å². The van der Waals surface area contributed by atoms with Gasteiger partial charge in [-0.15, -0.1) is 10.2 Å². The van der Waals surface area contributed by atoms with Crippen molar-refractivity contribution in [1.29, 1.82) is 0 Å². The molecule has 158 valence electrons. The van der Waals surface area contributed by atoms with Crippen LogP contribution in [0.5, 0.6) is 11.5 Å². The SMILES string of the molecule is COc1ccccc1NC(=O)[C@@H](C)Sc1nnc(-c2ccc(OC(F)F)cc2)n1N. The summed E-state index contributed by atoms with van der Waals surface area (Å²) in [5, 5.41) is 10.6. The van der Waals surface area contributed by atoms with E-state index in [0.717, 1.165) is 11.8 Å². The summed E-state index contributed by atoms with van der Waals surface area (Å²) >= 11 is 1.13. The maximum atomic E-state index is 12.5. The normalized spacial score (nSPS) is 11.9. The Hall–Kier alpha value is -3.34. The minimum Gasteiger partial charge on any atom is -0.495 e. The topological polar surface area (TPSA) is 104 Å². The van der Waals surface area contributed by atoms with E-state index in [-0.39, 0.29) is 11.7 Å². The molecule has 2 aromatic carbocycles. The second-order valence-corrected chi connectivity index (χ2v) is 7.34. The standard InChI is InChI=1S/C19H19F2N5O3S/c1-11(17(27)23-14-5-3-4-6-15(14)28-2)30-19-25-24-16(26(19)22)12-7-9-13(10-8-12)29-18(20)21/h3-11,18H,22H2,1-2H3,(H,23,27)/t11-/m1/s1. The highest BCUT2D eigenvalue weighted by molar-refractivity contribution is 8.00. The Labute approximate surface area is 175 Å². The van der Waals surface area contributed by atoms with Crippen molar-refractivity contribution >= 4 is 23.4 Å². The highest BCUT2D eigenvalue weighted by Crippen LogP contribution is 2.28. The number of thioether (sulfide) groups is 1. The van der Waals surface area contributed by atoms with Crippen molar-refractivity contribution in [3.05, 3.63) is 48.5 Å². The summed E-state index contributed by atoms with van der Waals surface area (Å²) in [7, 11) is 1.52. The number of carbonyl (C=O) groups is 1. The zero-order valence-electron chi connectivity index (χ0n) is 16.1. The minimum atomic E-state index is -2.90. The minimum absolute atomic E-state index is 0.0214. The van der Waals surface area contributed by atoms with Gasteiger partial charge in [0, 0.05) is 5.56 Å². The van der Waals surface area contributed by atoms with Gasteiger partial charge in [-0.25, -0.2) is 4.68 Å². The van der Waals surface area contributed by atoms with E-state index in [1.807, 2.05) is 0 Å². The maximum Gasteiger partial charge on any atom is 0.387 e. The molecule has 8 nitrogen and oxygen atoms in total. The fourth-order valence-corrected chi connectivity index (χ4v) is 3.30. The largest absolute Gasteiger partial charge is 0.495 e. The molecule has 0 aliphatic heterocycles. The van der Waals surface area contributed by atoms with Gasteiger partial charge in [0.05, 0.1) is 18.0 Å². The number of anilines is 1. The van der Waals surface area contributed by atoms with Crippen molar-refractivity contribution in [2.75, 3.05) is 18.3 Å². The van der Waals surface area contributed by atoms with E-state index in [4.69, 9.17) is 10.6 Å². The molecular weight excluding hydrogens is 416 g/mol. The van der Waals surface area contributed by atoms with Gasteiger partial charge >= 0.3 is 6.61 Å². The van der Waals surface area contributed by atoms with Crippen molar-refractivity contribution in [1.82, 2.24) is 14.9 Å². The van der Waals surface area contributed by atoms with E-state index >= 15 is 0 Å². The number of ether oxygens (including phenoxy) is 2. The molecule has 0 radical (unpaired) electrons. The molecule has 0 unspecified atom stereocenters. The molecular formula is C19H19F2N5O3S. The van der Waals surface area contributed by atoms with E-state index < -0.39 is 11.9 Å². The first-order valence-corrected chi connectivity index (χ1v) is 9.63. The van der Waals surface area contributed by atoms with Gasteiger partial charge in [-0.05, 0) is 43.3 Å². The summed E-state index contributed by atoms with van der Waals surface area (Å²) in [5.41, 5.74) is 1.11. The number of benzene rings is 2. The van der Waals surface area contributed by atoms with Crippen molar-refractivity contribution < 1.29 is 23.0 Å². The summed E-state index contributed by atoms with van der Waals surface area (Å²) in [6.07, 6.45) is 0. The highest BCUT2D eigenvalue weighted by atomic mass is 32.2. The first kappa shape index (κ1) is 21.4. The van der Waals surface area contributed by atoms with E-state index in [1.165, 1.54) is 36.1 Å². The Bertz CT molecular complexity index is 1010. The third kappa shape index (κ3) is 4.98. The van der Waals surface area contributed by atoms with Gasteiger partial charge in [0.2, 0.25) is 11.1 Å². The van der Waals surface area contributed by atoms with Crippen LogP contribution < -0.4 is 20.6 Å². The number of methoxy groups -OCH3 is 1. The third-order valence-corrected chi connectivity index (χ3v) is 5.08. The molecule has 3 aromatic rings. The molecule has 11 heteroatoms. The lowest BCUT2D eigenvalue weighted by molar-refractivity contribution is -0.115. The van der Waals surface area contributed by atoms with Crippen molar-refractivity contribution in [2.24, 2.45) is 0 Å². The number of aromatic nitrogens is 3. The first-order valence-electron chi connectivity index (χ1n) is 8.75. The number of nitrogens with two attached hydrogens (primary N) is 1. The van der Waals surface area contributed by atoms with Crippen LogP contribution in [0.3, 0.4) is 0 Å². The lowest BCUT2D eigenvalue weighted by atomic mass is 10.2. The summed E-state index contributed by atoms with van der Waals surface area (Å²) in [5.74, 6) is 6.69. The predicted molar refractivity (Wildman–Crippen MR) is 109 cm³/mol. The zero-order chi connectivity index (χ0) is 21.7. The van der Waals surface area contributed by atoms with Crippen molar-refractivity contribution in [3.8, 4) is 22.9 Å². The number of nitrogen functional groups attached to an aromatic ring is 1. The van der Waals surface area contributed by atoms with Gasteiger partial charge < -0.3 is 20.6 Å². The number of nitrogens with zero attached hydrogens (tertiary/aromatic N) is 3. The van der Waals surface area contributed by atoms with Crippen LogP contribution in [0.25, 0.3) is 11.4 Å². The number of hydrogen-bond acceptors (Lipinski definition) is 7. The van der Waals surface area contributed by atoms with Crippen molar-refractivity contribution in [3.63, 3.8) is 0 Å². The molecule has 1 amide bonds.